The molecule has 3 N–H and O–H groups in total. The van der Waals surface area contributed by atoms with E-state index in [1.165, 1.54) is 12.1 Å². The zero-order valence-corrected chi connectivity index (χ0v) is 18.7. The van der Waals surface area contributed by atoms with Crippen LogP contribution in [0.1, 0.15) is 10.4 Å². The normalized spacial score (nSPS) is 10.4. The number of carboxylic acid groups (broad SMARTS) is 1. The molecule has 32 heavy (non-hydrogen) atoms. The van der Waals surface area contributed by atoms with Crippen LogP contribution in [-0.4, -0.2) is 36.4 Å². The molecule has 4 rings (SSSR count). The van der Waals surface area contributed by atoms with Crippen molar-refractivity contribution in [3.8, 4) is 34.5 Å². The average Bonchev–Trinajstić information content (AvgIpc) is 3.24. The Morgan fingerprint density at radius 3 is 2.28 bits per heavy atom. The first kappa shape index (κ1) is 23.6. The fourth-order valence-electron chi connectivity index (χ4n) is 2.40. The second kappa shape index (κ2) is 10.1. The Morgan fingerprint density at radius 2 is 1.62 bits per heavy atom. The van der Waals surface area contributed by atoms with Crippen LogP contribution in [0.2, 0.25) is 20.1 Å². The molecule has 2 aromatic heterocycles. The third kappa shape index (κ3) is 5.23. The quantitative estimate of drug-likeness (QED) is 0.294. The molecule has 164 valence electrons. The number of aromatic carboxylic acids is 1. The molecule has 8 nitrogen and oxygen atoms in total. The maximum atomic E-state index is 10.4. The number of phenols is 2. The Labute approximate surface area is 200 Å². The standard InChI is InChI=1S/C13H7Cl2N3O2.C7H4Cl2O3/c14-7-4-5-8(15)11(19)10(7)13-17-12(18-20-13)9-3-1-2-6-16-9;8-3-1-4(7(11)12)6(10)5(9)2-3/h1-6,19H;1-2,10H,(H,11,12). The third-order valence-electron chi connectivity index (χ3n) is 3.87. The summed E-state index contributed by atoms with van der Waals surface area (Å²) in [7, 11) is 0. The van der Waals surface area contributed by atoms with Gasteiger partial charge in [0, 0.05) is 11.2 Å². The molecule has 0 amide bonds. The number of rotatable bonds is 3. The van der Waals surface area contributed by atoms with Crippen molar-refractivity contribution in [1.29, 1.82) is 0 Å². The van der Waals surface area contributed by atoms with E-state index in [1.807, 2.05) is 6.07 Å². The molecule has 2 heterocycles. The van der Waals surface area contributed by atoms with E-state index in [-0.39, 0.29) is 42.9 Å². The summed E-state index contributed by atoms with van der Waals surface area (Å²) in [5, 5.41) is 32.0. The largest absolute Gasteiger partial charge is 0.505 e. The van der Waals surface area contributed by atoms with Gasteiger partial charge in [0.25, 0.3) is 5.89 Å². The molecule has 2 aromatic carbocycles. The molecule has 0 fully saturated rings. The second-order valence-electron chi connectivity index (χ2n) is 5.98. The average molecular weight is 515 g/mol. The van der Waals surface area contributed by atoms with Gasteiger partial charge in [-0.1, -0.05) is 57.6 Å². The number of hydrogen-bond acceptors (Lipinski definition) is 7. The summed E-state index contributed by atoms with van der Waals surface area (Å²) < 4.78 is 5.12. The minimum atomic E-state index is -1.27. The predicted octanol–water partition coefficient (Wildman–Crippen LogP) is 6.21. The fourth-order valence-corrected chi connectivity index (χ4v) is 3.28. The van der Waals surface area contributed by atoms with Crippen LogP contribution in [0.4, 0.5) is 0 Å². The van der Waals surface area contributed by atoms with Crippen molar-refractivity contribution >= 4 is 52.4 Å². The lowest BCUT2D eigenvalue weighted by molar-refractivity contribution is 0.0693. The van der Waals surface area contributed by atoms with Gasteiger partial charge in [0.15, 0.2) is 0 Å². The molecule has 0 saturated carbocycles. The number of aromatic nitrogens is 3. The summed E-state index contributed by atoms with van der Waals surface area (Å²) in [5.41, 5.74) is 0.460. The summed E-state index contributed by atoms with van der Waals surface area (Å²) >= 11 is 22.9. The van der Waals surface area contributed by atoms with E-state index in [4.69, 9.17) is 61.1 Å². The molecule has 4 aromatic rings. The molecular formula is C20H11Cl4N3O5. The van der Waals surface area contributed by atoms with Crippen LogP contribution in [0, 0.1) is 0 Å². The molecular weight excluding hydrogens is 504 g/mol. The molecule has 0 saturated heterocycles. The van der Waals surface area contributed by atoms with E-state index >= 15 is 0 Å². The minimum Gasteiger partial charge on any atom is -0.505 e. The smallest absolute Gasteiger partial charge is 0.339 e. The molecule has 12 heteroatoms. The zero-order valence-electron chi connectivity index (χ0n) is 15.6. The number of pyridine rings is 1. The van der Waals surface area contributed by atoms with Crippen LogP contribution < -0.4 is 0 Å². The third-order valence-corrected chi connectivity index (χ3v) is 5.00. The number of phenolic OH excluding ortho intramolecular Hbond substituents is 1. The summed E-state index contributed by atoms with van der Waals surface area (Å²) in [5.74, 6) is -1.55. The van der Waals surface area contributed by atoms with E-state index < -0.39 is 11.7 Å². The van der Waals surface area contributed by atoms with Crippen LogP contribution in [0.15, 0.2) is 53.2 Å². The lowest BCUT2D eigenvalue weighted by Gasteiger charge is -2.03. The van der Waals surface area contributed by atoms with Crippen molar-refractivity contribution in [3.63, 3.8) is 0 Å². The van der Waals surface area contributed by atoms with Gasteiger partial charge in [0.05, 0.1) is 15.1 Å². The maximum absolute atomic E-state index is 10.4. The molecule has 0 bridgehead atoms. The molecule has 0 spiro atoms. The van der Waals surface area contributed by atoms with Crippen LogP contribution in [0.3, 0.4) is 0 Å². The summed E-state index contributed by atoms with van der Waals surface area (Å²) in [4.78, 5) is 18.7. The highest BCUT2D eigenvalue weighted by Gasteiger charge is 2.19. The van der Waals surface area contributed by atoms with Crippen LogP contribution >= 0.6 is 46.4 Å². The van der Waals surface area contributed by atoms with Gasteiger partial charge in [0.2, 0.25) is 5.82 Å². The van der Waals surface area contributed by atoms with Crippen LogP contribution in [0.5, 0.6) is 11.5 Å². The van der Waals surface area contributed by atoms with Crippen molar-refractivity contribution in [2.45, 2.75) is 0 Å². The summed E-state index contributed by atoms with van der Waals surface area (Å²) in [6, 6.07) is 10.8. The highest BCUT2D eigenvalue weighted by molar-refractivity contribution is 6.37. The first-order valence-corrected chi connectivity index (χ1v) is 10.0. The lowest BCUT2D eigenvalue weighted by atomic mass is 10.2. The Morgan fingerprint density at radius 1 is 0.906 bits per heavy atom. The highest BCUT2D eigenvalue weighted by atomic mass is 35.5. The highest BCUT2D eigenvalue weighted by Crippen LogP contribution is 2.40. The van der Waals surface area contributed by atoms with E-state index in [0.29, 0.717) is 11.5 Å². The predicted molar refractivity (Wildman–Crippen MR) is 120 cm³/mol. The molecule has 0 unspecified atom stereocenters. The number of carbonyl (C=O) groups is 1. The van der Waals surface area contributed by atoms with Crippen molar-refractivity contribution in [1.82, 2.24) is 15.1 Å². The minimum absolute atomic E-state index is 0.0695. The van der Waals surface area contributed by atoms with Crippen LogP contribution in [0.25, 0.3) is 23.0 Å². The number of halogens is 4. The van der Waals surface area contributed by atoms with Gasteiger partial charge in [-0.25, -0.2) is 4.79 Å². The fraction of sp³-hybridized carbons (Fsp3) is 0. The van der Waals surface area contributed by atoms with E-state index in [1.54, 1.807) is 24.4 Å². The zero-order chi connectivity index (χ0) is 23.4. The number of hydrogen-bond donors (Lipinski definition) is 3. The molecule has 0 atom stereocenters. The number of aromatic hydroxyl groups is 2. The SMILES string of the molecule is O=C(O)c1cc(Cl)cc(Cl)c1O.Oc1c(Cl)ccc(Cl)c1-c1nc(-c2ccccn2)no1. The van der Waals surface area contributed by atoms with Gasteiger partial charge in [-0.05, 0) is 36.4 Å². The Kier molecular flexibility index (Phi) is 7.42. The van der Waals surface area contributed by atoms with E-state index in [0.717, 1.165) is 6.07 Å². The number of nitrogens with zero attached hydrogens (tertiary/aromatic N) is 3. The molecule has 0 aliphatic heterocycles. The lowest BCUT2D eigenvalue weighted by Crippen LogP contribution is -1.96. The number of benzene rings is 2. The number of carboxylic acids is 1. The van der Waals surface area contributed by atoms with E-state index in [2.05, 4.69) is 15.1 Å². The van der Waals surface area contributed by atoms with Crippen molar-refractivity contribution in [2.75, 3.05) is 0 Å². The molecule has 0 radical (unpaired) electrons. The van der Waals surface area contributed by atoms with E-state index in [9.17, 15) is 9.90 Å². The molecule has 0 aliphatic carbocycles. The van der Waals surface area contributed by atoms with Gasteiger partial charge in [-0.15, -0.1) is 0 Å². The maximum Gasteiger partial charge on any atom is 0.339 e. The first-order chi connectivity index (χ1) is 15.2. The Balaban J connectivity index is 0.000000207. The van der Waals surface area contributed by atoms with Crippen LogP contribution in [-0.2, 0) is 0 Å². The topological polar surface area (TPSA) is 130 Å². The van der Waals surface area contributed by atoms with Crippen molar-refractivity contribution < 1.29 is 24.6 Å². The van der Waals surface area contributed by atoms with Gasteiger partial charge in [-0.3, -0.25) is 4.98 Å². The van der Waals surface area contributed by atoms with Gasteiger partial charge < -0.3 is 19.8 Å². The Hall–Kier alpha value is -3.04. The van der Waals surface area contributed by atoms with Crippen molar-refractivity contribution in [3.05, 3.63) is 74.3 Å². The molecule has 0 aliphatic rings. The van der Waals surface area contributed by atoms with Gasteiger partial charge in [0.1, 0.15) is 28.3 Å². The van der Waals surface area contributed by atoms with Gasteiger partial charge in [-0.2, -0.15) is 4.98 Å². The first-order valence-electron chi connectivity index (χ1n) is 8.52. The van der Waals surface area contributed by atoms with Gasteiger partial charge >= 0.3 is 5.97 Å². The monoisotopic (exact) mass is 513 g/mol. The summed E-state index contributed by atoms with van der Waals surface area (Å²) in [6.45, 7) is 0. The van der Waals surface area contributed by atoms with Crippen molar-refractivity contribution in [2.24, 2.45) is 0 Å². The second-order valence-corrected chi connectivity index (χ2v) is 7.64. The Bertz CT molecular complexity index is 1280. The summed E-state index contributed by atoms with van der Waals surface area (Å²) in [6.07, 6.45) is 1.62.